The highest BCUT2D eigenvalue weighted by molar-refractivity contribution is 5.20. The zero-order chi connectivity index (χ0) is 8.65. The van der Waals surface area contributed by atoms with Gasteiger partial charge in [0.05, 0.1) is 6.61 Å². The lowest BCUT2D eigenvalue weighted by Gasteiger charge is -2.03. The van der Waals surface area contributed by atoms with Crippen LogP contribution in [0, 0.1) is 6.42 Å². The summed E-state index contributed by atoms with van der Waals surface area (Å²) in [6.45, 7) is 0.753. The van der Waals surface area contributed by atoms with Crippen LogP contribution < -0.4 is 4.74 Å². The Morgan fingerprint density at radius 2 is 2.00 bits per heavy atom. The predicted molar refractivity (Wildman–Crippen MR) is 47.9 cm³/mol. The molecule has 0 aromatic heterocycles. The minimum Gasteiger partial charge on any atom is -0.494 e. The normalized spacial score (nSPS) is 9.75. The topological polar surface area (TPSA) is 29.5 Å². The van der Waals surface area contributed by atoms with E-state index in [1.165, 1.54) is 0 Å². The van der Waals surface area contributed by atoms with Crippen LogP contribution in [0.3, 0.4) is 0 Å². The van der Waals surface area contributed by atoms with Gasteiger partial charge < -0.3 is 9.84 Å². The smallest absolute Gasteiger partial charge is 0.119 e. The first kappa shape index (κ1) is 9.07. The molecule has 1 aromatic rings. The van der Waals surface area contributed by atoms with E-state index >= 15 is 0 Å². The minimum atomic E-state index is 0.123. The number of aliphatic hydroxyl groups is 1. The number of ether oxygens (including phenoxy) is 1. The number of aliphatic hydroxyl groups excluding tert-OH is 1. The Morgan fingerprint density at radius 3 is 2.67 bits per heavy atom. The van der Waals surface area contributed by atoms with E-state index in [0.29, 0.717) is 6.61 Å². The van der Waals surface area contributed by atoms with Crippen molar-refractivity contribution >= 4 is 0 Å². The number of rotatable bonds is 5. The van der Waals surface area contributed by atoms with Crippen molar-refractivity contribution in [3.05, 3.63) is 36.8 Å². The molecule has 65 valence electrons. The summed E-state index contributed by atoms with van der Waals surface area (Å²) in [6.07, 6.45) is 2.56. The molecule has 1 aromatic carbocycles. The molecule has 0 saturated heterocycles. The Hall–Kier alpha value is -1.02. The quantitative estimate of drug-likeness (QED) is 0.672. The van der Waals surface area contributed by atoms with Gasteiger partial charge in [0.2, 0.25) is 0 Å². The van der Waals surface area contributed by atoms with E-state index in [4.69, 9.17) is 9.84 Å². The van der Waals surface area contributed by atoms with E-state index in [1.807, 2.05) is 30.3 Å². The molecule has 0 bridgehead atoms. The van der Waals surface area contributed by atoms with Crippen molar-refractivity contribution in [2.45, 2.75) is 6.42 Å². The summed E-state index contributed by atoms with van der Waals surface area (Å²) >= 11 is 0. The molecular formula is C10H13O2. The van der Waals surface area contributed by atoms with Gasteiger partial charge in [0, 0.05) is 6.61 Å². The fraction of sp³-hybridized carbons (Fsp3) is 0.300. The highest BCUT2D eigenvalue weighted by Gasteiger charge is 1.90. The zero-order valence-corrected chi connectivity index (χ0v) is 6.94. The molecule has 0 atom stereocenters. The van der Waals surface area contributed by atoms with Gasteiger partial charge in [-0.3, -0.25) is 0 Å². The summed E-state index contributed by atoms with van der Waals surface area (Å²) in [4.78, 5) is 0. The minimum absolute atomic E-state index is 0.123. The van der Waals surface area contributed by atoms with E-state index in [-0.39, 0.29) is 6.61 Å². The maximum absolute atomic E-state index is 8.45. The average molecular weight is 165 g/mol. The molecule has 0 aliphatic heterocycles. The van der Waals surface area contributed by atoms with Crippen LogP contribution >= 0.6 is 0 Å². The molecule has 1 radical (unpaired) electrons. The van der Waals surface area contributed by atoms with E-state index < -0.39 is 0 Å². The molecule has 12 heavy (non-hydrogen) atoms. The standard InChI is InChI=1S/C10H13O2/c11-8-4-5-9-12-10-6-2-1-3-7-10/h1-4,6-7,11H,5,8-9H2. The number of hydrogen-bond acceptors (Lipinski definition) is 2. The lowest BCUT2D eigenvalue weighted by Crippen LogP contribution is -1.98. The van der Waals surface area contributed by atoms with Gasteiger partial charge in [-0.15, -0.1) is 0 Å². The SMILES string of the molecule is OC[CH]CCOc1ccccc1. The summed E-state index contributed by atoms with van der Waals surface area (Å²) in [5.74, 6) is 0.879. The third kappa shape index (κ3) is 3.39. The summed E-state index contributed by atoms with van der Waals surface area (Å²) in [7, 11) is 0. The third-order valence-electron chi connectivity index (χ3n) is 1.46. The molecule has 0 spiro atoms. The van der Waals surface area contributed by atoms with Gasteiger partial charge in [0.25, 0.3) is 0 Å². The highest BCUT2D eigenvalue weighted by atomic mass is 16.5. The lowest BCUT2D eigenvalue weighted by molar-refractivity contribution is 0.290. The third-order valence-corrected chi connectivity index (χ3v) is 1.46. The Morgan fingerprint density at radius 1 is 1.25 bits per heavy atom. The van der Waals surface area contributed by atoms with Crippen LogP contribution in [0.2, 0.25) is 0 Å². The van der Waals surface area contributed by atoms with Crippen molar-refractivity contribution in [3.8, 4) is 5.75 Å². The average Bonchev–Trinajstić information content (AvgIpc) is 2.14. The largest absolute Gasteiger partial charge is 0.494 e. The predicted octanol–water partition coefficient (Wildman–Crippen LogP) is 1.65. The summed E-state index contributed by atoms with van der Waals surface area (Å²) in [5.41, 5.74) is 0. The van der Waals surface area contributed by atoms with Gasteiger partial charge in [-0.2, -0.15) is 0 Å². The van der Waals surface area contributed by atoms with Gasteiger partial charge in [-0.25, -0.2) is 0 Å². The van der Waals surface area contributed by atoms with Crippen LogP contribution in [0.15, 0.2) is 30.3 Å². The van der Waals surface area contributed by atoms with Gasteiger partial charge in [-0.05, 0) is 25.0 Å². The number of unbranched alkanes of at least 4 members (excludes halogenated alkanes) is 1. The van der Waals surface area contributed by atoms with Crippen LogP contribution in [-0.2, 0) is 0 Å². The van der Waals surface area contributed by atoms with Crippen LogP contribution in [0.25, 0.3) is 0 Å². The molecule has 2 nitrogen and oxygen atoms in total. The van der Waals surface area contributed by atoms with E-state index in [1.54, 1.807) is 6.42 Å². The first-order chi connectivity index (χ1) is 5.93. The molecule has 2 heteroatoms. The van der Waals surface area contributed by atoms with Crippen LogP contribution in [0.1, 0.15) is 6.42 Å². The first-order valence-corrected chi connectivity index (χ1v) is 4.04. The maximum atomic E-state index is 8.45. The molecule has 0 aliphatic carbocycles. The summed E-state index contributed by atoms with van der Waals surface area (Å²) in [6, 6.07) is 9.65. The molecule has 1 rings (SSSR count). The second-order valence-corrected chi connectivity index (χ2v) is 2.42. The summed E-state index contributed by atoms with van der Waals surface area (Å²) < 4.78 is 5.37. The Bertz CT molecular complexity index is 196. The molecular weight excluding hydrogens is 152 g/mol. The summed E-state index contributed by atoms with van der Waals surface area (Å²) in [5, 5.41) is 8.45. The first-order valence-electron chi connectivity index (χ1n) is 4.04. The second kappa shape index (κ2) is 5.61. The molecule has 1 N–H and O–H groups in total. The molecule has 0 heterocycles. The Balaban J connectivity index is 2.16. The van der Waals surface area contributed by atoms with Gasteiger partial charge in [0.15, 0.2) is 0 Å². The van der Waals surface area contributed by atoms with Crippen molar-refractivity contribution in [1.29, 1.82) is 0 Å². The lowest BCUT2D eigenvalue weighted by atomic mass is 10.3. The van der Waals surface area contributed by atoms with Gasteiger partial charge in [-0.1, -0.05) is 18.2 Å². The van der Waals surface area contributed by atoms with Crippen molar-refractivity contribution < 1.29 is 9.84 Å². The number of benzene rings is 1. The fourth-order valence-corrected chi connectivity index (χ4v) is 0.868. The van der Waals surface area contributed by atoms with Crippen LogP contribution in [-0.4, -0.2) is 18.3 Å². The number of hydrogen-bond donors (Lipinski definition) is 1. The van der Waals surface area contributed by atoms with Crippen LogP contribution in [0.5, 0.6) is 5.75 Å². The van der Waals surface area contributed by atoms with E-state index in [2.05, 4.69) is 0 Å². The van der Waals surface area contributed by atoms with Crippen LogP contribution in [0.4, 0.5) is 0 Å². The fourth-order valence-electron chi connectivity index (χ4n) is 0.868. The number of para-hydroxylation sites is 1. The van der Waals surface area contributed by atoms with Gasteiger partial charge >= 0.3 is 0 Å². The van der Waals surface area contributed by atoms with E-state index in [0.717, 1.165) is 12.2 Å². The highest BCUT2D eigenvalue weighted by Crippen LogP contribution is 2.08. The van der Waals surface area contributed by atoms with E-state index in [9.17, 15) is 0 Å². The van der Waals surface area contributed by atoms with Crippen molar-refractivity contribution in [3.63, 3.8) is 0 Å². The molecule has 0 aliphatic rings. The Kier molecular flexibility index (Phi) is 4.24. The second-order valence-electron chi connectivity index (χ2n) is 2.42. The molecule has 0 amide bonds. The zero-order valence-electron chi connectivity index (χ0n) is 6.94. The van der Waals surface area contributed by atoms with Crippen molar-refractivity contribution in [1.82, 2.24) is 0 Å². The van der Waals surface area contributed by atoms with Crippen molar-refractivity contribution in [2.24, 2.45) is 0 Å². The molecule has 0 saturated carbocycles. The molecule has 0 unspecified atom stereocenters. The van der Waals surface area contributed by atoms with Gasteiger partial charge in [0.1, 0.15) is 5.75 Å². The van der Waals surface area contributed by atoms with Crippen molar-refractivity contribution in [2.75, 3.05) is 13.2 Å². The maximum Gasteiger partial charge on any atom is 0.119 e. The Labute approximate surface area is 72.8 Å². The monoisotopic (exact) mass is 165 g/mol. The molecule has 0 fully saturated rings.